The molecule has 0 heterocycles. The molecule has 0 saturated carbocycles. The molecule has 0 N–H and O–H groups in total. The smallest absolute Gasteiger partial charge is 0.270 e. The van der Waals surface area contributed by atoms with Gasteiger partial charge in [-0.2, -0.15) is 5.26 Å². The van der Waals surface area contributed by atoms with Gasteiger partial charge in [0.25, 0.3) is 5.69 Å². The van der Waals surface area contributed by atoms with Crippen LogP contribution in [0.3, 0.4) is 0 Å². The fraction of sp³-hybridized carbons (Fsp3) is 0.250. The van der Waals surface area contributed by atoms with Crippen LogP contribution < -0.4 is 9.47 Å². The van der Waals surface area contributed by atoms with E-state index in [1.54, 1.807) is 24.3 Å². The van der Waals surface area contributed by atoms with Gasteiger partial charge in [-0.05, 0) is 50.1 Å². The molecule has 0 unspecified atom stereocenters. The first-order valence-electron chi connectivity index (χ1n) is 8.35. The maximum atomic E-state index is 11.0. The molecular weight excluding hydrogens is 368 g/mol. The number of ether oxygens (including phenoxy) is 2. The van der Waals surface area contributed by atoms with Crippen LogP contribution in [0.4, 0.5) is 5.69 Å². The van der Waals surface area contributed by atoms with Gasteiger partial charge in [0.05, 0.1) is 34.3 Å². The summed E-state index contributed by atoms with van der Waals surface area (Å²) in [5, 5.41) is 20.8. The lowest BCUT2D eigenvalue weighted by molar-refractivity contribution is -0.384. The normalized spacial score (nSPS) is 11.2. The van der Waals surface area contributed by atoms with Gasteiger partial charge in [0.1, 0.15) is 0 Å². The van der Waals surface area contributed by atoms with Crippen molar-refractivity contribution in [1.82, 2.24) is 0 Å². The van der Waals surface area contributed by atoms with Crippen LogP contribution in [0.5, 0.6) is 11.5 Å². The molecule has 2 aromatic rings. The molecule has 0 spiro atoms. The van der Waals surface area contributed by atoms with Gasteiger partial charge >= 0.3 is 0 Å². The number of halogens is 1. The minimum atomic E-state index is -0.499. The van der Waals surface area contributed by atoms with Gasteiger partial charge in [0.15, 0.2) is 11.5 Å². The highest BCUT2D eigenvalue weighted by atomic mass is 35.5. The summed E-state index contributed by atoms with van der Waals surface area (Å²) < 4.78 is 11.3. The summed E-state index contributed by atoms with van der Waals surface area (Å²) in [5.41, 5.74) is 1.27. The Morgan fingerprint density at radius 2 is 2.11 bits per heavy atom. The molecule has 0 atom stereocenters. The molecular formula is C20H19ClN2O4. The van der Waals surface area contributed by atoms with E-state index in [-0.39, 0.29) is 17.4 Å². The number of nitrogens with zero attached hydrogens (tertiary/aromatic N) is 2. The number of allylic oxidation sites excluding steroid dienone is 1. The SMILES string of the molecule is CCOc1cc(/C=C(/C#N)c2cccc([N+](=O)[O-])c2)cc(Cl)c1OC(C)C. The summed E-state index contributed by atoms with van der Waals surface area (Å²) in [6, 6.07) is 11.4. The van der Waals surface area contributed by atoms with Crippen molar-refractivity contribution >= 4 is 28.9 Å². The molecule has 2 aromatic carbocycles. The third-order valence-electron chi connectivity index (χ3n) is 3.48. The third-order valence-corrected chi connectivity index (χ3v) is 3.77. The first-order chi connectivity index (χ1) is 12.8. The minimum absolute atomic E-state index is 0.0809. The van der Waals surface area contributed by atoms with E-state index in [1.165, 1.54) is 18.2 Å². The first-order valence-corrected chi connectivity index (χ1v) is 8.73. The number of non-ortho nitro benzene ring substituents is 1. The van der Waals surface area contributed by atoms with Crippen molar-refractivity contribution in [3.8, 4) is 17.6 Å². The van der Waals surface area contributed by atoms with Crippen molar-refractivity contribution in [2.75, 3.05) is 6.61 Å². The second-order valence-electron chi connectivity index (χ2n) is 5.91. The van der Waals surface area contributed by atoms with E-state index >= 15 is 0 Å². The predicted molar refractivity (Wildman–Crippen MR) is 105 cm³/mol. The average Bonchev–Trinajstić information content (AvgIpc) is 2.62. The summed E-state index contributed by atoms with van der Waals surface area (Å²) >= 11 is 6.35. The summed E-state index contributed by atoms with van der Waals surface area (Å²) in [6.45, 7) is 6.04. The molecule has 27 heavy (non-hydrogen) atoms. The minimum Gasteiger partial charge on any atom is -0.490 e. The fourth-order valence-corrected chi connectivity index (χ4v) is 2.68. The molecule has 140 valence electrons. The summed E-state index contributed by atoms with van der Waals surface area (Å²) in [6.07, 6.45) is 1.52. The molecule has 0 aliphatic heterocycles. The summed E-state index contributed by atoms with van der Waals surface area (Å²) in [4.78, 5) is 10.5. The lowest BCUT2D eigenvalue weighted by atomic mass is 10.0. The zero-order valence-corrected chi connectivity index (χ0v) is 16.0. The molecule has 0 aromatic heterocycles. The van der Waals surface area contributed by atoms with Crippen LogP contribution >= 0.6 is 11.6 Å². The van der Waals surface area contributed by atoms with Crippen LogP contribution in [0.25, 0.3) is 11.6 Å². The van der Waals surface area contributed by atoms with Crippen LogP contribution in [0.15, 0.2) is 36.4 Å². The van der Waals surface area contributed by atoms with E-state index in [4.69, 9.17) is 21.1 Å². The lowest BCUT2D eigenvalue weighted by Gasteiger charge is -2.16. The van der Waals surface area contributed by atoms with Crippen molar-refractivity contribution in [2.24, 2.45) is 0 Å². The Morgan fingerprint density at radius 3 is 2.70 bits per heavy atom. The van der Waals surface area contributed by atoms with Gasteiger partial charge in [-0.1, -0.05) is 23.7 Å². The molecule has 7 heteroatoms. The zero-order chi connectivity index (χ0) is 20.0. The highest BCUT2D eigenvalue weighted by molar-refractivity contribution is 6.32. The van der Waals surface area contributed by atoms with Crippen molar-refractivity contribution in [3.05, 3.63) is 62.7 Å². The van der Waals surface area contributed by atoms with Gasteiger partial charge in [-0.15, -0.1) is 0 Å². The van der Waals surface area contributed by atoms with Crippen molar-refractivity contribution in [3.63, 3.8) is 0 Å². The molecule has 0 aliphatic rings. The summed E-state index contributed by atoms with van der Waals surface area (Å²) in [7, 11) is 0. The van der Waals surface area contributed by atoms with Gasteiger partial charge in [-0.25, -0.2) is 0 Å². The Morgan fingerprint density at radius 1 is 1.37 bits per heavy atom. The van der Waals surface area contributed by atoms with E-state index < -0.39 is 4.92 Å². The second-order valence-corrected chi connectivity index (χ2v) is 6.31. The maximum Gasteiger partial charge on any atom is 0.270 e. The fourth-order valence-electron chi connectivity index (χ4n) is 2.42. The average molecular weight is 387 g/mol. The molecule has 2 rings (SSSR count). The zero-order valence-electron chi connectivity index (χ0n) is 15.2. The van der Waals surface area contributed by atoms with Crippen LogP contribution in [-0.2, 0) is 0 Å². The quantitative estimate of drug-likeness (QED) is 0.271. The summed E-state index contributed by atoms with van der Waals surface area (Å²) in [5.74, 6) is 0.917. The van der Waals surface area contributed by atoms with Gasteiger partial charge in [0.2, 0.25) is 0 Å². The molecule has 0 radical (unpaired) electrons. The Kier molecular flexibility index (Phi) is 6.80. The van der Waals surface area contributed by atoms with Crippen LogP contribution in [0.2, 0.25) is 5.02 Å². The van der Waals surface area contributed by atoms with E-state index in [0.717, 1.165) is 0 Å². The third kappa shape index (κ3) is 5.22. The Bertz CT molecular complexity index is 917. The molecule has 0 amide bonds. The number of nitriles is 1. The molecule has 0 saturated heterocycles. The Labute approximate surface area is 162 Å². The predicted octanol–water partition coefficient (Wildman–Crippen LogP) is 5.50. The van der Waals surface area contributed by atoms with Gasteiger partial charge < -0.3 is 9.47 Å². The van der Waals surface area contributed by atoms with Crippen LogP contribution in [0, 0.1) is 21.4 Å². The van der Waals surface area contributed by atoms with E-state index in [1.807, 2.05) is 20.8 Å². The second kappa shape index (κ2) is 9.06. The number of benzene rings is 2. The van der Waals surface area contributed by atoms with E-state index in [0.29, 0.717) is 34.3 Å². The first kappa shape index (κ1) is 20.3. The van der Waals surface area contributed by atoms with Gasteiger partial charge in [-0.3, -0.25) is 10.1 Å². The number of hydrogen-bond donors (Lipinski definition) is 0. The van der Waals surface area contributed by atoms with E-state index in [9.17, 15) is 15.4 Å². The van der Waals surface area contributed by atoms with Crippen LogP contribution in [-0.4, -0.2) is 17.6 Å². The number of nitro groups is 1. The monoisotopic (exact) mass is 386 g/mol. The standard InChI is InChI=1S/C20H19ClN2O4/c1-4-26-19-10-14(9-18(21)20(19)27-13(2)3)8-16(12-22)15-6-5-7-17(11-15)23(24)25/h5-11,13H,4H2,1-3H3/b16-8-. The molecule has 6 nitrogen and oxygen atoms in total. The largest absolute Gasteiger partial charge is 0.490 e. The van der Waals surface area contributed by atoms with Crippen molar-refractivity contribution in [1.29, 1.82) is 5.26 Å². The molecule has 0 aliphatic carbocycles. The number of rotatable bonds is 7. The Balaban J connectivity index is 2.51. The number of nitro benzene ring substituents is 1. The molecule has 0 bridgehead atoms. The van der Waals surface area contributed by atoms with Crippen molar-refractivity contribution in [2.45, 2.75) is 26.9 Å². The maximum absolute atomic E-state index is 11.0. The van der Waals surface area contributed by atoms with Crippen LogP contribution in [0.1, 0.15) is 31.9 Å². The number of hydrogen-bond acceptors (Lipinski definition) is 5. The lowest BCUT2D eigenvalue weighted by Crippen LogP contribution is -2.08. The van der Waals surface area contributed by atoms with Gasteiger partial charge in [0, 0.05) is 12.1 Å². The van der Waals surface area contributed by atoms with E-state index in [2.05, 4.69) is 6.07 Å². The highest BCUT2D eigenvalue weighted by Crippen LogP contribution is 2.38. The Hall–Kier alpha value is -3.04. The topological polar surface area (TPSA) is 85.4 Å². The highest BCUT2D eigenvalue weighted by Gasteiger charge is 2.15. The van der Waals surface area contributed by atoms with Crippen molar-refractivity contribution < 1.29 is 14.4 Å². The molecule has 0 fully saturated rings.